The van der Waals surface area contributed by atoms with Crippen LogP contribution in [0.1, 0.15) is 60.3 Å². The van der Waals surface area contributed by atoms with Gasteiger partial charge in [-0.25, -0.2) is 0 Å². The number of aliphatic hydroxyl groups excluding tert-OH is 2. The van der Waals surface area contributed by atoms with Gasteiger partial charge in [0.1, 0.15) is 0 Å². The SMILES string of the molecule is CC(=C[C@@H]1CC(C)=C[C@]2(C=C(CO)[C@H]3CC(=O)C(C)=C[C@H]3O2)O1)CC[C@H](O)C(C)(C)O. The molecule has 31 heavy (non-hydrogen) atoms. The molecule has 6 nitrogen and oxygen atoms in total. The molecule has 0 aromatic heterocycles. The molecule has 1 aliphatic carbocycles. The van der Waals surface area contributed by atoms with Crippen LogP contribution in [0, 0.1) is 5.92 Å². The van der Waals surface area contributed by atoms with E-state index in [1.165, 1.54) is 0 Å². The first-order valence-corrected chi connectivity index (χ1v) is 11.1. The van der Waals surface area contributed by atoms with Crippen LogP contribution in [0.15, 0.2) is 46.6 Å². The first kappa shape index (κ1) is 24.1. The molecule has 3 N–H and O–H groups in total. The Morgan fingerprint density at radius 3 is 2.65 bits per heavy atom. The zero-order valence-electron chi connectivity index (χ0n) is 19.2. The molecule has 1 spiro atoms. The summed E-state index contributed by atoms with van der Waals surface area (Å²) in [6.07, 6.45) is 8.51. The van der Waals surface area contributed by atoms with Crippen LogP contribution < -0.4 is 0 Å². The third kappa shape index (κ3) is 5.62. The number of rotatable bonds is 6. The van der Waals surface area contributed by atoms with Crippen molar-refractivity contribution in [2.45, 2.75) is 90.0 Å². The van der Waals surface area contributed by atoms with E-state index >= 15 is 0 Å². The third-order valence-corrected chi connectivity index (χ3v) is 6.43. The molecule has 0 aromatic rings. The molecule has 0 aromatic carbocycles. The maximum atomic E-state index is 12.2. The summed E-state index contributed by atoms with van der Waals surface area (Å²) in [6.45, 7) is 8.89. The average molecular weight is 433 g/mol. The van der Waals surface area contributed by atoms with Gasteiger partial charge in [-0.1, -0.05) is 17.2 Å². The molecular weight excluding hydrogens is 396 g/mol. The van der Waals surface area contributed by atoms with Crippen LogP contribution in [0.2, 0.25) is 0 Å². The van der Waals surface area contributed by atoms with Crippen molar-refractivity contribution < 1.29 is 29.6 Å². The van der Waals surface area contributed by atoms with E-state index in [0.29, 0.717) is 24.8 Å². The molecule has 0 radical (unpaired) electrons. The van der Waals surface area contributed by atoms with E-state index in [1.807, 2.05) is 38.2 Å². The van der Waals surface area contributed by atoms with Gasteiger partial charge in [-0.3, -0.25) is 4.79 Å². The number of carbonyl (C=O) groups is 1. The van der Waals surface area contributed by atoms with Gasteiger partial charge in [0.2, 0.25) is 5.79 Å². The molecule has 6 heteroatoms. The monoisotopic (exact) mass is 432 g/mol. The molecule has 3 rings (SSSR count). The van der Waals surface area contributed by atoms with E-state index in [2.05, 4.69) is 0 Å². The average Bonchev–Trinajstić information content (AvgIpc) is 2.65. The summed E-state index contributed by atoms with van der Waals surface area (Å²) >= 11 is 0. The van der Waals surface area contributed by atoms with E-state index in [1.54, 1.807) is 20.8 Å². The van der Waals surface area contributed by atoms with Gasteiger partial charge in [-0.2, -0.15) is 0 Å². The molecular formula is C25H36O6. The topological polar surface area (TPSA) is 96.2 Å². The van der Waals surface area contributed by atoms with Gasteiger partial charge in [0, 0.05) is 12.3 Å². The van der Waals surface area contributed by atoms with Gasteiger partial charge in [0.15, 0.2) is 5.78 Å². The Morgan fingerprint density at radius 1 is 1.29 bits per heavy atom. The van der Waals surface area contributed by atoms with E-state index in [4.69, 9.17) is 9.47 Å². The van der Waals surface area contributed by atoms with Gasteiger partial charge >= 0.3 is 0 Å². The van der Waals surface area contributed by atoms with Crippen LogP contribution in [0.4, 0.5) is 0 Å². The van der Waals surface area contributed by atoms with Crippen molar-refractivity contribution in [3.05, 3.63) is 46.6 Å². The summed E-state index contributed by atoms with van der Waals surface area (Å²) < 4.78 is 12.8. The Morgan fingerprint density at radius 2 is 2.00 bits per heavy atom. The molecule has 5 atom stereocenters. The first-order chi connectivity index (χ1) is 14.4. The van der Waals surface area contributed by atoms with E-state index in [0.717, 1.165) is 23.1 Å². The fourth-order valence-corrected chi connectivity index (χ4v) is 4.55. The van der Waals surface area contributed by atoms with Gasteiger partial charge in [-0.05, 0) is 83.3 Å². The lowest BCUT2D eigenvalue weighted by Gasteiger charge is -2.45. The smallest absolute Gasteiger partial charge is 0.209 e. The molecule has 0 fully saturated rings. The van der Waals surface area contributed by atoms with Crippen molar-refractivity contribution in [2.24, 2.45) is 5.92 Å². The fourth-order valence-electron chi connectivity index (χ4n) is 4.55. The number of allylic oxidation sites excluding steroid dienone is 2. The minimum atomic E-state index is -1.13. The molecule has 2 aliphatic heterocycles. The van der Waals surface area contributed by atoms with Crippen molar-refractivity contribution >= 4 is 5.78 Å². The lowest BCUT2D eigenvalue weighted by Crippen LogP contribution is -2.49. The maximum Gasteiger partial charge on any atom is 0.209 e. The van der Waals surface area contributed by atoms with Crippen molar-refractivity contribution in [2.75, 3.05) is 6.61 Å². The molecule has 0 unspecified atom stereocenters. The first-order valence-electron chi connectivity index (χ1n) is 11.1. The summed E-state index contributed by atoms with van der Waals surface area (Å²) in [7, 11) is 0. The van der Waals surface area contributed by atoms with Crippen LogP contribution in [-0.2, 0) is 14.3 Å². The maximum absolute atomic E-state index is 12.2. The Hall–Kier alpha value is -1.57. The zero-order valence-corrected chi connectivity index (χ0v) is 19.2. The van der Waals surface area contributed by atoms with Crippen LogP contribution in [0.5, 0.6) is 0 Å². The second-order valence-electron chi connectivity index (χ2n) is 9.84. The molecule has 0 saturated carbocycles. The van der Waals surface area contributed by atoms with Gasteiger partial charge in [0.25, 0.3) is 0 Å². The van der Waals surface area contributed by atoms with Crippen molar-refractivity contribution in [3.8, 4) is 0 Å². The number of aliphatic hydroxyl groups is 3. The van der Waals surface area contributed by atoms with Crippen LogP contribution in [0.25, 0.3) is 0 Å². The highest BCUT2D eigenvalue weighted by molar-refractivity contribution is 5.96. The van der Waals surface area contributed by atoms with E-state index in [-0.39, 0.29) is 30.5 Å². The van der Waals surface area contributed by atoms with Crippen LogP contribution >= 0.6 is 0 Å². The summed E-state index contributed by atoms with van der Waals surface area (Å²) in [5, 5.41) is 30.0. The normalized spacial score (nSPS) is 32.9. The predicted molar refractivity (Wildman–Crippen MR) is 118 cm³/mol. The lowest BCUT2D eigenvalue weighted by atomic mass is 9.79. The van der Waals surface area contributed by atoms with Gasteiger partial charge in [-0.15, -0.1) is 0 Å². The largest absolute Gasteiger partial charge is 0.392 e. The summed E-state index contributed by atoms with van der Waals surface area (Å²) in [5.74, 6) is -1.15. The summed E-state index contributed by atoms with van der Waals surface area (Å²) in [5.41, 5.74) is 2.51. The van der Waals surface area contributed by atoms with Crippen molar-refractivity contribution in [1.29, 1.82) is 0 Å². The number of ether oxygens (including phenoxy) is 2. The number of hydrogen-bond donors (Lipinski definition) is 3. The standard InChI is InChI=1S/C25H36O6/c1-15(6-7-23(28)24(4,5)29)8-19-9-16(2)12-25(30-19)13-18(14-26)20-11-21(27)17(3)10-22(20)31-25/h8,10,12-13,19-20,22-23,26,28-29H,6-7,9,11,14H2,1-5H3/t19-,20-,22-,23+,25+/m1/s1. The Kier molecular flexibility index (Phi) is 7.08. The Balaban J connectivity index is 1.79. The summed E-state index contributed by atoms with van der Waals surface area (Å²) in [4.78, 5) is 12.2. The number of hydrogen-bond acceptors (Lipinski definition) is 6. The van der Waals surface area contributed by atoms with Crippen molar-refractivity contribution in [3.63, 3.8) is 0 Å². The quantitative estimate of drug-likeness (QED) is 0.558. The summed E-state index contributed by atoms with van der Waals surface area (Å²) in [6, 6.07) is 0. The van der Waals surface area contributed by atoms with Gasteiger partial charge in [0.05, 0.1) is 30.5 Å². The van der Waals surface area contributed by atoms with Crippen LogP contribution in [0.3, 0.4) is 0 Å². The molecule has 0 bridgehead atoms. The van der Waals surface area contributed by atoms with Crippen LogP contribution in [-0.4, -0.2) is 57.4 Å². The number of ketones is 1. The minimum absolute atomic E-state index is 0.0844. The molecule has 172 valence electrons. The minimum Gasteiger partial charge on any atom is -0.392 e. The van der Waals surface area contributed by atoms with E-state index < -0.39 is 17.5 Å². The highest BCUT2D eigenvalue weighted by Gasteiger charge is 2.45. The predicted octanol–water partition coefficient (Wildman–Crippen LogP) is 3.13. The molecule has 0 saturated heterocycles. The second-order valence-corrected chi connectivity index (χ2v) is 9.84. The highest BCUT2D eigenvalue weighted by Crippen LogP contribution is 2.42. The van der Waals surface area contributed by atoms with Crippen molar-refractivity contribution in [1.82, 2.24) is 0 Å². The second kappa shape index (κ2) is 9.12. The Bertz CT molecular complexity index is 827. The molecule has 3 aliphatic rings. The Labute approximate surface area is 184 Å². The zero-order chi connectivity index (χ0) is 23.0. The van der Waals surface area contributed by atoms with E-state index in [9.17, 15) is 20.1 Å². The van der Waals surface area contributed by atoms with Gasteiger partial charge < -0.3 is 24.8 Å². The number of fused-ring (bicyclic) bond motifs is 1. The lowest BCUT2D eigenvalue weighted by molar-refractivity contribution is -0.224. The number of Topliss-reactive ketones (excluding diaryl/α,β-unsaturated/α-hetero) is 1. The molecule has 0 amide bonds. The molecule has 2 heterocycles. The highest BCUT2D eigenvalue weighted by atomic mass is 16.7. The third-order valence-electron chi connectivity index (χ3n) is 6.43. The number of carbonyl (C=O) groups excluding carboxylic acids is 1. The fraction of sp³-hybridized carbons (Fsp3) is 0.640.